The third-order valence-electron chi connectivity index (χ3n) is 7.80. The molecular formula is C38H72N2O6P+. The number of rotatable bonds is 32. The molecule has 3 atom stereocenters. The van der Waals surface area contributed by atoms with Gasteiger partial charge in [0.1, 0.15) is 13.2 Å². The molecular weight excluding hydrogens is 611 g/mol. The van der Waals surface area contributed by atoms with Crippen LogP contribution in [0, 0.1) is 0 Å². The molecule has 0 rings (SSSR count). The molecule has 0 bridgehead atoms. The van der Waals surface area contributed by atoms with E-state index in [1.807, 2.05) is 27.2 Å². The number of hydrogen-bond donors (Lipinski definition) is 3. The summed E-state index contributed by atoms with van der Waals surface area (Å²) in [6.07, 6.45) is 36.0. The maximum atomic E-state index is 12.7. The van der Waals surface area contributed by atoms with Gasteiger partial charge < -0.3 is 19.8 Å². The van der Waals surface area contributed by atoms with Crippen LogP contribution in [0.25, 0.3) is 0 Å². The molecule has 0 aromatic heterocycles. The Balaban J connectivity index is 4.64. The summed E-state index contributed by atoms with van der Waals surface area (Å²) in [7, 11) is 1.54. The van der Waals surface area contributed by atoms with Gasteiger partial charge in [0.2, 0.25) is 5.91 Å². The van der Waals surface area contributed by atoms with Crippen LogP contribution in [0.2, 0.25) is 0 Å². The number of carbonyl (C=O) groups excluding carboxylic acids is 1. The minimum Gasteiger partial charge on any atom is -0.387 e. The Morgan fingerprint density at radius 1 is 0.745 bits per heavy atom. The number of phosphoric ester groups is 1. The minimum absolute atomic E-state index is 0.0537. The zero-order chi connectivity index (χ0) is 35.1. The van der Waals surface area contributed by atoms with Gasteiger partial charge in [0.15, 0.2) is 0 Å². The van der Waals surface area contributed by atoms with Crippen LogP contribution >= 0.6 is 7.82 Å². The van der Waals surface area contributed by atoms with Crippen LogP contribution in [0.5, 0.6) is 0 Å². The molecule has 0 radical (unpaired) electrons. The van der Waals surface area contributed by atoms with Crippen molar-refractivity contribution in [3.63, 3.8) is 0 Å². The number of aliphatic hydroxyl groups is 1. The average molecular weight is 684 g/mol. The van der Waals surface area contributed by atoms with Crippen LogP contribution in [0.3, 0.4) is 0 Å². The summed E-state index contributed by atoms with van der Waals surface area (Å²) >= 11 is 0. The van der Waals surface area contributed by atoms with Crippen LogP contribution in [0.15, 0.2) is 48.6 Å². The SMILES string of the molecule is CC/C=C\C/C=C\C/C=C\CCCCCC(=O)NC(COP(=O)(O)OCC[N+](C)(C)C)C(O)/C=C/CCCCCCCCCCCC. The van der Waals surface area contributed by atoms with Crippen molar-refractivity contribution in [3.8, 4) is 0 Å². The molecule has 3 unspecified atom stereocenters. The maximum absolute atomic E-state index is 12.7. The number of nitrogens with zero attached hydrogens (tertiary/aromatic N) is 1. The summed E-state index contributed by atoms with van der Waals surface area (Å²) in [5.41, 5.74) is 0. The zero-order valence-corrected chi connectivity index (χ0v) is 31.6. The number of allylic oxidation sites excluding steroid dienone is 7. The summed E-state index contributed by atoms with van der Waals surface area (Å²) in [5, 5.41) is 13.7. The molecule has 3 N–H and O–H groups in total. The predicted octanol–water partition coefficient (Wildman–Crippen LogP) is 9.35. The first-order valence-electron chi connectivity index (χ1n) is 18.5. The fraction of sp³-hybridized carbons (Fsp3) is 0.763. The largest absolute Gasteiger partial charge is 0.472 e. The summed E-state index contributed by atoms with van der Waals surface area (Å²) in [6.45, 7) is 4.63. The van der Waals surface area contributed by atoms with Crippen molar-refractivity contribution in [2.45, 2.75) is 148 Å². The second kappa shape index (κ2) is 30.5. The number of amides is 1. The Hall–Kier alpha value is -1.54. The molecule has 0 aromatic rings. The number of nitrogens with one attached hydrogen (secondary N) is 1. The topological polar surface area (TPSA) is 105 Å². The molecule has 0 spiro atoms. The first kappa shape index (κ1) is 45.5. The van der Waals surface area contributed by atoms with Gasteiger partial charge in [0, 0.05) is 6.42 Å². The van der Waals surface area contributed by atoms with Gasteiger partial charge >= 0.3 is 7.82 Å². The van der Waals surface area contributed by atoms with Crippen LogP contribution in [0.4, 0.5) is 0 Å². The number of unbranched alkanes of at least 4 members (excludes halogenated alkanes) is 13. The number of likely N-dealkylation sites (N-methyl/N-ethyl adjacent to an activating group) is 1. The Bertz CT molecular complexity index is 912. The number of phosphoric acid groups is 1. The van der Waals surface area contributed by atoms with Crippen molar-refractivity contribution in [1.29, 1.82) is 0 Å². The highest BCUT2D eigenvalue weighted by Gasteiger charge is 2.27. The summed E-state index contributed by atoms with van der Waals surface area (Å²) < 4.78 is 23.4. The van der Waals surface area contributed by atoms with Crippen molar-refractivity contribution in [3.05, 3.63) is 48.6 Å². The van der Waals surface area contributed by atoms with Gasteiger partial charge in [0.05, 0.1) is 39.9 Å². The van der Waals surface area contributed by atoms with E-state index in [1.165, 1.54) is 51.4 Å². The lowest BCUT2D eigenvalue weighted by Crippen LogP contribution is -2.45. The Morgan fingerprint density at radius 2 is 1.28 bits per heavy atom. The van der Waals surface area contributed by atoms with Gasteiger partial charge in [-0.2, -0.15) is 0 Å². The Kier molecular flexibility index (Phi) is 29.5. The molecule has 0 aromatic carbocycles. The highest BCUT2D eigenvalue weighted by molar-refractivity contribution is 7.47. The molecule has 0 heterocycles. The van der Waals surface area contributed by atoms with Crippen LogP contribution in [-0.2, 0) is 18.4 Å². The normalized spacial score (nSPS) is 15.3. The average Bonchev–Trinajstić information content (AvgIpc) is 3.01. The molecule has 0 fully saturated rings. The van der Waals surface area contributed by atoms with Crippen molar-refractivity contribution in [2.75, 3.05) is 40.9 Å². The Labute approximate surface area is 289 Å². The fourth-order valence-electron chi connectivity index (χ4n) is 4.82. The first-order chi connectivity index (χ1) is 22.5. The van der Waals surface area contributed by atoms with E-state index in [1.54, 1.807) is 6.08 Å². The highest BCUT2D eigenvalue weighted by Crippen LogP contribution is 2.43. The van der Waals surface area contributed by atoms with E-state index in [4.69, 9.17) is 9.05 Å². The number of hydrogen-bond acceptors (Lipinski definition) is 5. The van der Waals surface area contributed by atoms with E-state index < -0.39 is 20.0 Å². The lowest BCUT2D eigenvalue weighted by atomic mass is 10.1. The van der Waals surface area contributed by atoms with Gasteiger partial charge in [-0.3, -0.25) is 13.8 Å². The molecule has 0 aliphatic heterocycles. The molecule has 9 heteroatoms. The molecule has 0 aliphatic carbocycles. The predicted molar refractivity (Wildman–Crippen MR) is 198 cm³/mol. The lowest BCUT2D eigenvalue weighted by molar-refractivity contribution is -0.870. The van der Waals surface area contributed by atoms with Crippen molar-refractivity contribution in [1.82, 2.24) is 5.32 Å². The standard InChI is InChI=1S/C38H71N2O6P/c1-6-8-10-12-14-16-18-20-22-24-26-28-30-32-38(42)39-36(35-46-47(43,44)45-34-33-40(3,4)5)37(41)31-29-27-25-23-21-19-17-15-13-11-9-7-2/h8,10,14,16,20,22,29,31,36-37,41H,6-7,9,11-13,15,17-19,21,23-28,30,32-35H2,1-5H3,(H-,39,42,43,44)/p+1/b10-8-,16-14-,22-20-,31-29+. The van der Waals surface area contributed by atoms with Crippen LogP contribution < -0.4 is 5.32 Å². The quantitative estimate of drug-likeness (QED) is 0.0283. The summed E-state index contributed by atoms with van der Waals surface area (Å²) in [5.74, 6) is -0.211. The second-order valence-electron chi connectivity index (χ2n) is 13.6. The molecule has 1 amide bonds. The molecule has 47 heavy (non-hydrogen) atoms. The van der Waals surface area contributed by atoms with Crippen molar-refractivity contribution in [2.24, 2.45) is 0 Å². The van der Waals surface area contributed by atoms with Crippen LogP contribution in [-0.4, -0.2) is 73.4 Å². The highest BCUT2D eigenvalue weighted by atomic mass is 31.2. The summed E-state index contributed by atoms with van der Waals surface area (Å²) in [6, 6.07) is -0.859. The molecule has 274 valence electrons. The van der Waals surface area contributed by atoms with Gasteiger partial charge in [-0.05, 0) is 51.4 Å². The summed E-state index contributed by atoms with van der Waals surface area (Å²) in [4.78, 5) is 22.9. The Morgan fingerprint density at radius 3 is 1.87 bits per heavy atom. The maximum Gasteiger partial charge on any atom is 0.472 e. The lowest BCUT2D eigenvalue weighted by Gasteiger charge is -2.25. The van der Waals surface area contributed by atoms with E-state index in [-0.39, 0.29) is 19.1 Å². The van der Waals surface area contributed by atoms with Crippen molar-refractivity contribution >= 4 is 13.7 Å². The van der Waals surface area contributed by atoms with Gasteiger partial charge in [-0.15, -0.1) is 0 Å². The fourth-order valence-corrected chi connectivity index (χ4v) is 5.55. The molecule has 0 saturated heterocycles. The molecule has 0 aliphatic rings. The number of carbonyl (C=O) groups is 1. The smallest absolute Gasteiger partial charge is 0.387 e. The zero-order valence-electron chi connectivity index (χ0n) is 30.8. The minimum atomic E-state index is -4.34. The van der Waals surface area contributed by atoms with E-state index in [0.717, 1.165) is 64.2 Å². The third-order valence-corrected chi connectivity index (χ3v) is 8.79. The van der Waals surface area contributed by atoms with Crippen molar-refractivity contribution < 1.29 is 32.9 Å². The molecule has 8 nitrogen and oxygen atoms in total. The third kappa shape index (κ3) is 32.8. The first-order valence-corrected chi connectivity index (χ1v) is 20.0. The van der Waals surface area contributed by atoms with Gasteiger partial charge in [-0.25, -0.2) is 4.57 Å². The van der Waals surface area contributed by atoms with E-state index in [0.29, 0.717) is 17.4 Å². The van der Waals surface area contributed by atoms with E-state index in [9.17, 15) is 19.4 Å². The number of quaternary nitrogens is 1. The van der Waals surface area contributed by atoms with Gasteiger partial charge in [0.25, 0.3) is 0 Å². The second-order valence-corrected chi connectivity index (χ2v) is 15.0. The molecule has 0 saturated carbocycles. The van der Waals surface area contributed by atoms with E-state index >= 15 is 0 Å². The van der Waals surface area contributed by atoms with Gasteiger partial charge in [-0.1, -0.05) is 127 Å². The van der Waals surface area contributed by atoms with Crippen LogP contribution in [0.1, 0.15) is 136 Å². The number of aliphatic hydroxyl groups excluding tert-OH is 1. The monoisotopic (exact) mass is 684 g/mol. The van der Waals surface area contributed by atoms with E-state index in [2.05, 4.69) is 55.6 Å².